The second kappa shape index (κ2) is 7.78. The Morgan fingerprint density at radius 1 is 1.23 bits per heavy atom. The van der Waals surface area contributed by atoms with Gasteiger partial charge in [0.2, 0.25) is 15.9 Å². The first-order valence-corrected chi connectivity index (χ1v) is 10.9. The molecule has 2 heterocycles. The average molecular weight is 451 g/mol. The summed E-state index contributed by atoms with van der Waals surface area (Å²) in [6.07, 6.45) is 1.58. The third-order valence-corrected chi connectivity index (χ3v) is 6.41. The zero-order chi connectivity index (χ0) is 21.5. The lowest BCUT2D eigenvalue weighted by Gasteiger charge is -2.10. The molecule has 1 aliphatic rings. The highest BCUT2D eigenvalue weighted by Gasteiger charge is 2.18. The zero-order valence-corrected chi connectivity index (χ0v) is 17.1. The number of nitrogens with zero attached hydrogens (tertiary/aromatic N) is 2. The van der Waals surface area contributed by atoms with Crippen molar-refractivity contribution in [2.75, 3.05) is 11.9 Å². The number of nitrogens with one attached hydrogen (secondary N) is 2. The van der Waals surface area contributed by atoms with Gasteiger partial charge >= 0.3 is 0 Å². The number of anilines is 1. The lowest BCUT2D eigenvalue weighted by Crippen LogP contribution is -2.33. The molecular formula is C19H16ClFN4O4S. The monoisotopic (exact) mass is 450 g/mol. The van der Waals surface area contributed by atoms with Gasteiger partial charge in [-0.05, 0) is 42.8 Å². The Balaban J connectivity index is 1.47. The quantitative estimate of drug-likeness (QED) is 0.618. The molecule has 11 heteroatoms. The standard InChI is InChI=1S/C19H16ClFN4O4S/c20-14-9-12(4-6-15(14)21)30(28,29)22-10-18(26)23-11-3-5-13-16(8-11)24-17-2-1-7-25(17)19(13)27/h3-6,8-9,22H,1-2,7,10H2,(H,23,26). The lowest BCUT2D eigenvalue weighted by molar-refractivity contribution is -0.115. The number of rotatable bonds is 5. The number of halogens is 2. The number of hydrogen-bond donors (Lipinski definition) is 2. The van der Waals surface area contributed by atoms with E-state index in [4.69, 9.17) is 11.6 Å². The van der Waals surface area contributed by atoms with E-state index in [2.05, 4.69) is 15.0 Å². The van der Waals surface area contributed by atoms with E-state index in [0.717, 1.165) is 31.0 Å². The molecule has 0 aliphatic carbocycles. The number of carbonyl (C=O) groups is 1. The molecule has 0 unspecified atom stereocenters. The number of fused-ring (bicyclic) bond motifs is 2. The molecule has 1 amide bonds. The number of aromatic nitrogens is 2. The minimum atomic E-state index is -4.05. The van der Waals surface area contributed by atoms with Gasteiger partial charge in [0, 0.05) is 18.7 Å². The highest BCUT2D eigenvalue weighted by Crippen LogP contribution is 2.20. The fourth-order valence-electron chi connectivity index (χ4n) is 3.25. The predicted octanol–water partition coefficient (Wildman–Crippen LogP) is 2.05. The van der Waals surface area contributed by atoms with Crippen LogP contribution in [-0.4, -0.2) is 30.4 Å². The summed E-state index contributed by atoms with van der Waals surface area (Å²) in [6, 6.07) is 7.65. The van der Waals surface area contributed by atoms with Gasteiger partial charge in [-0.25, -0.2) is 22.5 Å². The molecule has 3 aromatic rings. The number of hydrogen-bond acceptors (Lipinski definition) is 5. The van der Waals surface area contributed by atoms with Crippen LogP contribution in [0.15, 0.2) is 46.1 Å². The van der Waals surface area contributed by atoms with Gasteiger partial charge in [0.05, 0.1) is 27.4 Å². The van der Waals surface area contributed by atoms with Crippen molar-refractivity contribution in [1.29, 1.82) is 0 Å². The largest absolute Gasteiger partial charge is 0.325 e. The van der Waals surface area contributed by atoms with Crippen LogP contribution in [0.3, 0.4) is 0 Å². The van der Waals surface area contributed by atoms with Crippen LogP contribution in [0.4, 0.5) is 10.1 Å². The molecule has 0 saturated carbocycles. The third-order valence-electron chi connectivity index (χ3n) is 4.72. The van der Waals surface area contributed by atoms with Crippen LogP contribution < -0.4 is 15.6 Å². The van der Waals surface area contributed by atoms with Gasteiger partial charge in [-0.3, -0.25) is 14.2 Å². The summed E-state index contributed by atoms with van der Waals surface area (Å²) in [5, 5.41) is 2.68. The molecule has 2 N–H and O–H groups in total. The second-order valence-electron chi connectivity index (χ2n) is 6.77. The first kappa shape index (κ1) is 20.5. The maximum absolute atomic E-state index is 13.2. The summed E-state index contributed by atoms with van der Waals surface area (Å²) >= 11 is 5.61. The van der Waals surface area contributed by atoms with Crippen molar-refractivity contribution < 1.29 is 17.6 Å². The summed E-state index contributed by atoms with van der Waals surface area (Å²) in [4.78, 5) is 28.9. The van der Waals surface area contributed by atoms with Crippen molar-refractivity contribution in [2.45, 2.75) is 24.3 Å². The Morgan fingerprint density at radius 3 is 2.80 bits per heavy atom. The van der Waals surface area contributed by atoms with Crippen LogP contribution in [0, 0.1) is 5.82 Å². The molecule has 156 valence electrons. The summed E-state index contributed by atoms with van der Waals surface area (Å²) in [6.45, 7) is 0.102. The molecule has 30 heavy (non-hydrogen) atoms. The van der Waals surface area contributed by atoms with E-state index in [9.17, 15) is 22.4 Å². The Kier molecular flexibility index (Phi) is 5.31. The van der Waals surface area contributed by atoms with Crippen LogP contribution in [0.25, 0.3) is 10.9 Å². The maximum atomic E-state index is 13.2. The van der Waals surface area contributed by atoms with E-state index in [0.29, 0.717) is 29.0 Å². The normalized spacial score (nSPS) is 13.4. The number of carbonyl (C=O) groups excluding carboxylic acids is 1. The zero-order valence-electron chi connectivity index (χ0n) is 15.5. The molecule has 0 bridgehead atoms. The van der Waals surface area contributed by atoms with Crippen LogP contribution in [0.2, 0.25) is 5.02 Å². The van der Waals surface area contributed by atoms with E-state index in [1.165, 1.54) is 0 Å². The summed E-state index contributed by atoms with van der Waals surface area (Å²) in [5.41, 5.74) is 0.731. The molecule has 0 spiro atoms. The van der Waals surface area contributed by atoms with Gasteiger partial charge in [-0.15, -0.1) is 0 Å². The van der Waals surface area contributed by atoms with E-state index in [1.807, 2.05) is 0 Å². The van der Waals surface area contributed by atoms with E-state index >= 15 is 0 Å². The molecule has 0 fully saturated rings. The first-order valence-electron chi connectivity index (χ1n) is 9.03. The molecule has 0 radical (unpaired) electrons. The van der Waals surface area contributed by atoms with Crippen molar-refractivity contribution >= 4 is 44.1 Å². The Bertz CT molecular complexity index is 1340. The van der Waals surface area contributed by atoms with Crippen molar-refractivity contribution in [1.82, 2.24) is 14.3 Å². The van der Waals surface area contributed by atoms with Crippen molar-refractivity contribution in [2.24, 2.45) is 0 Å². The second-order valence-corrected chi connectivity index (χ2v) is 8.94. The molecular weight excluding hydrogens is 435 g/mol. The summed E-state index contributed by atoms with van der Waals surface area (Å²) in [5.74, 6) is -0.658. The highest BCUT2D eigenvalue weighted by atomic mass is 35.5. The molecule has 0 atom stereocenters. The molecule has 1 aromatic heterocycles. The average Bonchev–Trinajstić information content (AvgIpc) is 3.17. The van der Waals surface area contributed by atoms with Gasteiger partial charge in [-0.2, -0.15) is 0 Å². The highest BCUT2D eigenvalue weighted by molar-refractivity contribution is 7.89. The molecule has 0 saturated heterocycles. The third kappa shape index (κ3) is 3.93. The number of benzene rings is 2. The van der Waals surface area contributed by atoms with E-state index in [1.54, 1.807) is 22.8 Å². The van der Waals surface area contributed by atoms with Crippen molar-refractivity contribution in [3.63, 3.8) is 0 Å². The lowest BCUT2D eigenvalue weighted by atomic mass is 10.2. The van der Waals surface area contributed by atoms with E-state index < -0.39 is 28.3 Å². The van der Waals surface area contributed by atoms with Gasteiger partial charge in [-0.1, -0.05) is 11.6 Å². The minimum Gasteiger partial charge on any atom is -0.325 e. The SMILES string of the molecule is O=C(CNS(=O)(=O)c1ccc(F)c(Cl)c1)Nc1ccc2c(=O)n3c(nc2c1)CCC3. The Morgan fingerprint density at radius 2 is 2.03 bits per heavy atom. The van der Waals surface area contributed by atoms with Gasteiger partial charge < -0.3 is 5.32 Å². The number of aryl methyl sites for hydroxylation is 1. The minimum absolute atomic E-state index is 0.115. The van der Waals surface area contributed by atoms with Crippen molar-refractivity contribution in [3.05, 3.63) is 63.4 Å². The van der Waals surface area contributed by atoms with E-state index in [-0.39, 0.29) is 15.5 Å². The summed E-state index contributed by atoms with van der Waals surface area (Å²) < 4.78 is 41.5. The van der Waals surface area contributed by atoms with Gasteiger partial charge in [0.15, 0.2) is 0 Å². The van der Waals surface area contributed by atoms with Crippen molar-refractivity contribution in [3.8, 4) is 0 Å². The Labute approximate surface area is 175 Å². The fraction of sp³-hybridized carbons (Fsp3) is 0.211. The van der Waals surface area contributed by atoms with Crippen LogP contribution in [0.5, 0.6) is 0 Å². The smallest absolute Gasteiger partial charge is 0.261 e. The number of sulfonamides is 1. The maximum Gasteiger partial charge on any atom is 0.261 e. The number of amides is 1. The molecule has 1 aliphatic heterocycles. The fourth-order valence-corrected chi connectivity index (χ4v) is 4.51. The van der Waals surface area contributed by atoms with Gasteiger partial charge in [0.1, 0.15) is 11.6 Å². The Hall–Kier alpha value is -2.82. The first-order chi connectivity index (χ1) is 14.2. The molecule has 4 rings (SSSR count). The summed E-state index contributed by atoms with van der Waals surface area (Å²) in [7, 11) is -4.05. The topological polar surface area (TPSA) is 110 Å². The van der Waals surface area contributed by atoms with Crippen LogP contribution >= 0.6 is 11.6 Å². The molecule has 2 aromatic carbocycles. The van der Waals surface area contributed by atoms with Crippen LogP contribution in [0.1, 0.15) is 12.2 Å². The van der Waals surface area contributed by atoms with Gasteiger partial charge in [0.25, 0.3) is 5.56 Å². The predicted molar refractivity (Wildman–Crippen MR) is 110 cm³/mol. The van der Waals surface area contributed by atoms with Crippen LogP contribution in [-0.2, 0) is 27.8 Å². The molecule has 8 nitrogen and oxygen atoms in total.